The average molecular weight is 304 g/mol. The minimum atomic E-state index is 0.227. The van der Waals surface area contributed by atoms with Gasteiger partial charge in [0.15, 0.2) is 0 Å². The van der Waals surface area contributed by atoms with Crippen LogP contribution in [0.2, 0.25) is 5.02 Å². The molecule has 0 saturated heterocycles. The molecule has 1 atom stereocenters. The average Bonchev–Trinajstić information content (AvgIpc) is 2.50. The molecular weight excluding hydrogens is 282 g/mol. The third-order valence-electron chi connectivity index (χ3n) is 3.50. The highest BCUT2D eigenvalue weighted by Gasteiger charge is 2.07. The Balaban J connectivity index is 2.07. The van der Waals surface area contributed by atoms with Crippen LogP contribution in [0.4, 0.5) is 5.69 Å². The zero-order valence-electron chi connectivity index (χ0n) is 12.8. The fourth-order valence-electron chi connectivity index (χ4n) is 2.24. The fourth-order valence-corrected chi connectivity index (χ4v) is 2.47. The molecule has 112 valence electrons. The van der Waals surface area contributed by atoms with E-state index in [1.54, 1.807) is 0 Å². The van der Waals surface area contributed by atoms with Crippen molar-refractivity contribution < 1.29 is 4.74 Å². The van der Waals surface area contributed by atoms with Gasteiger partial charge < -0.3 is 10.1 Å². The molecule has 1 unspecified atom stereocenters. The second-order valence-electron chi connectivity index (χ2n) is 5.04. The Morgan fingerprint density at radius 3 is 2.38 bits per heavy atom. The van der Waals surface area contributed by atoms with Crippen LogP contribution < -0.4 is 10.1 Å². The molecule has 0 aromatic heterocycles. The summed E-state index contributed by atoms with van der Waals surface area (Å²) in [5.41, 5.74) is 3.61. The van der Waals surface area contributed by atoms with Gasteiger partial charge in [0.1, 0.15) is 5.75 Å². The van der Waals surface area contributed by atoms with E-state index in [9.17, 15) is 0 Å². The molecule has 0 saturated carbocycles. The van der Waals surface area contributed by atoms with Gasteiger partial charge in [0.05, 0.1) is 11.6 Å². The summed E-state index contributed by atoms with van der Waals surface area (Å²) in [6.45, 7) is 6.88. The molecule has 21 heavy (non-hydrogen) atoms. The number of anilines is 1. The van der Waals surface area contributed by atoms with Gasteiger partial charge in [-0.15, -0.1) is 0 Å². The number of benzene rings is 2. The number of hydrogen-bond donors (Lipinski definition) is 1. The number of rotatable bonds is 6. The molecule has 0 aliphatic carbocycles. The molecule has 0 aliphatic rings. The van der Waals surface area contributed by atoms with E-state index in [4.69, 9.17) is 16.3 Å². The maximum Gasteiger partial charge on any atom is 0.138 e. The summed E-state index contributed by atoms with van der Waals surface area (Å²) in [6, 6.07) is 14.7. The first-order chi connectivity index (χ1) is 10.1. The lowest BCUT2D eigenvalue weighted by molar-refractivity contribution is 0.340. The first kappa shape index (κ1) is 15.7. The van der Waals surface area contributed by atoms with E-state index >= 15 is 0 Å². The molecule has 0 radical (unpaired) electrons. The normalized spacial score (nSPS) is 12.0. The van der Waals surface area contributed by atoms with Crippen LogP contribution in [0.5, 0.6) is 5.75 Å². The minimum Gasteiger partial charge on any atom is -0.492 e. The van der Waals surface area contributed by atoms with Crippen LogP contribution in [0.25, 0.3) is 0 Å². The van der Waals surface area contributed by atoms with Gasteiger partial charge in [-0.05, 0) is 49.6 Å². The molecule has 2 aromatic carbocycles. The van der Waals surface area contributed by atoms with Crippen LogP contribution in [-0.2, 0) is 6.42 Å². The Bertz CT molecular complexity index is 580. The number of hydrogen-bond acceptors (Lipinski definition) is 2. The smallest absolute Gasteiger partial charge is 0.138 e. The predicted molar refractivity (Wildman–Crippen MR) is 90.5 cm³/mol. The Hall–Kier alpha value is -1.67. The van der Waals surface area contributed by atoms with Crippen molar-refractivity contribution in [3.8, 4) is 5.75 Å². The van der Waals surface area contributed by atoms with Gasteiger partial charge >= 0.3 is 0 Å². The Morgan fingerprint density at radius 2 is 1.81 bits per heavy atom. The fraction of sp³-hybridized carbons (Fsp3) is 0.333. The van der Waals surface area contributed by atoms with Crippen molar-refractivity contribution in [2.45, 2.75) is 33.2 Å². The zero-order chi connectivity index (χ0) is 15.2. The largest absolute Gasteiger partial charge is 0.492 e. The third-order valence-corrected chi connectivity index (χ3v) is 3.80. The molecule has 0 bridgehead atoms. The Labute approximate surface area is 132 Å². The lowest BCUT2D eigenvalue weighted by Gasteiger charge is -2.17. The van der Waals surface area contributed by atoms with E-state index in [0.717, 1.165) is 17.9 Å². The monoisotopic (exact) mass is 303 g/mol. The van der Waals surface area contributed by atoms with Crippen LogP contribution in [0.15, 0.2) is 42.5 Å². The van der Waals surface area contributed by atoms with Crippen molar-refractivity contribution >= 4 is 17.3 Å². The molecular formula is C18H22ClNO. The minimum absolute atomic E-state index is 0.227. The van der Waals surface area contributed by atoms with Crippen molar-refractivity contribution in [2.24, 2.45) is 0 Å². The van der Waals surface area contributed by atoms with Crippen molar-refractivity contribution in [3.63, 3.8) is 0 Å². The summed E-state index contributed by atoms with van der Waals surface area (Å²) >= 11 is 6.21. The van der Waals surface area contributed by atoms with Crippen molar-refractivity contribution in [1.82, 2.24) is 0 Å². The molecule has 0 heterocycles. The summed E-state index contributed by atoms with van der Waals surface area (Å²) in [5, 5.41) is 4.10. The maximum absolute atomic E-state index is 6.21. The Morgan fingerprint density at radius 1 is 1.10 bits per heavy atom. The second kappa shape index (κ2) is 7.37. The summed E-state index contributed by atoms with van der Waals surface area (Å²) in [5.74, 6) is 0.727. The molecule has 0 amide bonds. The van der Waals surface area contributed by atoms with Gasteiger partial charge in [0.2, 0.25) is 0 Å². The van der Waals surface area contributed by atoms with E-state index < -0.39 is 0 Å². The number of nitrogens with one attached hydrogen (secondary N) is 1. The molecule has 3 heteroatoms. The molecule has 1 N–H and O–H groups in total. The topological polar surface area (TPSA) is 21.3 Å². The van der Waals surface area contributed by atoms with Gasteiger partial charge in [-0.25, -0.2) is 0 Å². The predicted octanol–water partition coefficient (Wildman–Crippen LogP) is 5.47. The first-order valence-electron chi connectivity index (χ1n) is 7.41. The highest BCUT2D eigenvalue weighted by molar-refractivity contribution is 6.32. The summed E-state index contributed by atoms with van der Waals surface area (Å²) in [4.78, 5) is 0. The number of ether oxygens (including phenoxy) is 1. The van der Waals surface area contributed by atoms with Crippen LogP contribution in [0, 0.1) is 0 Å². The summed E-state index contributed by atoms with van der Waals surface area (Å²) in [6.07, 6.45) is 1.07. The highest BCUT2D eigenvalue weighted by atomic mass is 35.5. The molecule has 0 aliphatic heterocycles. The number of aryl methyl sites for hydroxylation is 1. The van der Waals surface area contributed by atoms with Gasteiger partial charge in [0.25, 0.3) is 0 Å². The third kappa shape index (κ3) is 4.15. The summed E-state index contributed by atoms with van der Waals surface area (Å²) < 4.78 is 5.45. The molecule has 0 spiro atoms. The second-order valence-corrected chi connectivity index (χ2v) is 5.45. The van der Waals surface area contributed by atoms with Crippen molar-refractivity contribution in [3.05, 3.63) is 58.6 Å². The SMILES string of the molecule is CCOc1ccc(NC(C)c2ccc(CC)cc2)cc1Cl. The van der Waals surface area contributed by atoms with Crippen molar-refractivity contribution in [2.75, 3.05) is 11.9 Å². The van der Waals surface area contributed by atoms with Crippen molar-refractivity contribution in [1.29, 1.82) is 0 Å². The van der Waals surface area contributed by atoms with E-state index in [2.05, 4.69) is 43.4 Å². The number of halogens is 1. The quantitative estimate of drug-likeness (QED) is 0.763. The van der Waals surface area contributed by atoms with E-state index in [1.165, 1.54) is 11.1 Å². The van der Waals surface area contributed by atoms with Gasteiger partial charge in [-0.1, -0.05) is 42.8 Å². The van der Waals surface area contributed by atoms with Gasteiger partial charge in [-0.3, -0.25) is 0 Å². The highest BCUT2D eigenvalue weighted by Crippen LogP contribution is 2.29. The molecule has 2 nitrogen and oxygen atoms in total. The van der Waals surface area contributed by atoms with Gasteiger partial charge in [0, 0.05) is 11.7 Å². The van der Waals surface area contributed by atoms with Crippen LogP contribution in [-0.4, -0.2) is 6.61 Å². The van der Waals surface area contributed by atoms with Crippen LogP contribution in [0.3, 0.4) is 0 Å². The van der Waals surface area contributed by atoms with E-state index in [0.29, 0.717) is 11.6 Å². The molecule has 2 rings (SSSR count). The molecule has 0 fully saturated rings. The van der Waals surface area contributed by atoms with Crippen LogP contribution >= 0.6 is 11.6 Å². The summed E-state index contributed by atoms with van der Waals surface area (Å²) in [7, 11) is 0. The standard InChI is InChI=1S/C18H22ClNO/c1-4-14-6-8-15(9-7-14)13(3)20-16-10-11-18(21-5-2)17(19)12-16/h6-13,20H,4-5H2,1-3H3. The lowest BCUT2D eigenvalue weighted by Crippen LogP contribution is -2.06. The zero-order valence-corrected chi connectivity index (χ0v) is 13.6. The Kier molecular flexibility index (Phi) is 5.51. The van der Waals surface area contributed by atoms with Gasteiger partial charge in [-0.2, -0.15) is 0 Å². The first-order valence-corrected chi connectivity index (χ1v) is 7.79. The maximum atomic E-state index is 6.21. The lowest BCUT2D eigenvalue weighted by atomic mass is 10.0. The van der Waals surface area contributed by atoms with E-state index in [1.807, 2.05) is 25.1 Å². The molecule has 2 aromatic rings. The van der Waals surface area contributed by atoms with Crippen LogP contribution in [0.1, 0.15) is 37.9 Å². The van der Waals surface area contributed by atoms with E-state index in [-0.39, 0.29) is 6.04 Å².